The van der Waals surface area contributed by atoms with Gasteiger partial charge < -0.3 is 11.1 Å². The third-order valence-electron chi connectivity index (χ3n) is 3.33. The number of primary amides is 1. The van der Waals surface area contributed by atoms with Crippen molar-refractivity contribution < 1.29 is 4.79 Å². The average Bonchev–Trinajstić information content (AvgIpc) is 2.53. The summed E-state index contributed by atoms with van der Waals surface area (Å²) in [6.07, 6.45) is 1.75. The lowest BCUT2D eigenvalue weighted by Crippen LogP contribution is -2.27. The first-order chi connectivity index (χ1) is 10.2. The Balaban J connectivity index is 1.97. The van der Waals surface area contributed by atoms with Crippen molar-refractivity contribution in [2.45, 2.75) is 6.04 Å². The Bertz CT molecular complexity index is 771. The topological polar surface area (TPSA) is 68.0 Å². The molecule has 104 valence electrons. The van der Waals surface area contributed by atoms with Gasteiger partial charge in [-0.25, -0.2) is 0 Å². The minimum absolute atomic E-state index is 0.415. The van der Waals surface area contributed by atoms with Gasteiger partial charge in [0.1, 0.15) is 6.04 Å². The smallest absolute Gasteiger partial charge is 0.244 e. The standard InChI is InChI=1S/C17H15N3O/c18-17(21)16(20-14-6-2-1-3-7-14)13-8-9-15-12(11-13)5-4-10-19-15/h1-11,16,20H,(H2,18,21). The number of pyridine rings is 1. The molecule has 2 aromatic carbocycles. The second-order valence-electron chi connectivity index (χ2n) is 4.80. The van der Waals surface area contributed by atoms with Crippen molar-refractivity contribution in [3.05, 3.63) is 72.4 Å². The number of anilines is 1. The Kier molecular flexibility index (Phi) is 3.51. The minimum atomic E-state index is -0.572. The molecule has 4 nitrogen and oxygen atoms in total. The molecule has 0 aliphatic heterocycles. The number of nitrogens with one attached hydrogen (secondary N) is 1. The van der Waals surface area contributed by atoms with Crippen LogP contribution in [-0.4, -0.2) is 10.9 Å². The van der Waals surface area contributed by atoms with Crippen LogP contribution >= 0.6 is 0 Å². The molecule has 0 radical (unpaired) electrons. The number of para-hydroxylation sites is 1. The summed E-state index contributed by atoms with van der Waals surface area (Å²) >= 11 is 0. The molecule has 0 aliphatic carbocycles. The van der Waals surface area contributed by atoms with E-state index in [4.69, 9.17) is 5.73 Å². The maximum Gasteiger partial charge on any atom is 0.244 e. The first kappa shape index (κ1) is 13.1. The van der Waals surface area contributed by atoms with Gasteiger partial charge >= 0.3 is 0 Å². The van der Waals surface area contributed by atoms with Crippen LogP contribution in [0.5, 0.6) is 0 Å². The van der Waals surface area contributed by atoms with E-state index < -0.39 is 11.9 Å². The number of hydrogen-bond acceptors (Lipinski definition) is 3. The lowest BCUT2D eigenvalue weighted by atomic mass is 10.0. The van der Waals surface area contributed by atoms with E-state index in [-0.39, 0.29) is 0 Å². The summed E-state index contributed by atoms with van der Waals surface area (Å²) in [5.74, 6) is -0.415. The molecule has 1 aromatic heterocycles. The molecule has 4 heteroatoms. The van der Waals surface area contributed by atoms with Gasteiger partial charge in [-0.15, -0.1) is 0 Å². The number of aromatic nitrogens is 1. The summed E-state index contributed by atoms with van der Waals surface area (Å²) in [5.41, 5.74) is 8.12. The highest BCUT2D eigenvalue weighted by molar-refractivity contribution is 5.87. The highest BCUT2D eigenvalue weighted by Gasteiger charge is 2.17. The molecular weight excluding hydrogens is 262 g/mol. The van der Waals surface area contributed by atoms with Gasteiger partial charge in [-0.3, -0.25) is 9.78 Å². The number of fused-ring (bicyclic) bond motifs is 1. The SMILES string of the molecule is NC(=O)C(Nc1ccccc1)c1ccc2ncccc2c1. The van der Waals surface area contributed by atoms with Gasteiger partial charge in [0, 0.05) is 17.3 Å². The van der Waals surface area contributed by atoms with Crippen molar-refractivity contribution in [3.8, 4) is 0 Å². The zero-order chi connectivity index (χ0) is 14.7. The molecule has 0 saturated heterocycles. The number of hydrogen-bond donors (Lipinski definition) is 2. The van der Waals surface area contributed by atoms with Crippen LogP contribution in [0.3, 0.4) is 0 Å². The number of rotatable bonds is 4. The molecule has 3 aromatic rings. The lowest BCUT2D eigenvalue weighted by Gasteiger charge is -2.17. The predicted molar refractivity (Wildman–Crippen MR) is 83.7 cm³/mol. The molecule has 0 spiro atoms. The van der Waals surface area contributed by atoms with Crippen molar-refractivity contribution in [2.75, 3.05) is 5.32 Å². The first-order valence-electron chi connectivity index (χ1n) is 6.69. The molecule has 1 unspecified atom stereocenters. The summed E-state index contributed by atoms with van der Waals surface area (Å²) in [6.45, 7) is 0. The third-order valence-corrected chi connectivity index (χ3v) is 3.33. The van der Waals surface area contributed by atoms with Crippen LogP contribution in [0.2, 0.25) is 0 Å². The molecule has 0 aliphatic rings. The van der Waals surface area contributed by atoms with E-state index in [9.17, 15) is 4.79 Å². The monoisotopic (exact) mass is 277 g/mol. The lowest BCUT2D eigenvalue weighted by molar-refractivity contribution is -0.118. The molecule has 21 heavy (non-hydrogen) atoms. The molecule has 1 atom stereocenters. The fourth-order valence-electron chi connectivity index (χ4n) is 2.29. The number of nitrogens with two attached hydrogens (primary N) is 1. The van der Waals surface area contributed by atoms with Crippen molar-refractivity contribution in [1.29, 1.82) is 0 Å². The molecule has 3 rings (SSSR count). The van der Waals surface area contributed by atoms with Crippen molar-refractivity contribution in [1.82, 2.24) is 4.98 Å². The number of carbonyl (C=O) groups excluding carboxylic acids is 1. The zero-order valence-corrected chi connectivity index (χ0v) is 11.4. The van der Waals surface area contributed by atoms with E-state index in [0.29, 0.717) is 0 Å². The molecule has 1 heterocycles. The van der Waals surface area contributed by atoms with Crippen LogP contribution in [0.15, 0.2) is 66.9 Å². The van der Waals surface area contributed by atoms with E-state index >= 15 is 0 Å². The van der Waals surface area contributed by atoms with Crippen molar-refractivity contribution in [3.63, 3.8) is 0 Å². The number of carbonyl (C=O) groups is 1. The van der Waals surface area contributed by atoms with E-state index in [2.05, 4.69) is 10.3 Å². The summed E-state index contributed by atoms with van der Waals surface area (Å²) in [7, 11) is 0. The minimum Gasteiger partial charge on any atom is -0.370 e. The predicted octanol–water partition coefficient (Wildman–Crippen LogP) is 2.87. The normalized spacial score (nSPS) is 12.0. The van der Waals surface area contributed by atoms with E-state index in [1.54, 1.807) is 6.20 Å². The number of nitrogens with zero attached hydrogens (tertiary/aromatic N) is 1. The number of amides is 1. The van der Waals surface area contributed by atoms with E-state index in [1.807, 2.05) is 60.7 Å². The molecule has 0 saturated carbocycles. The summed E-state index contributed by atoms with van der Waals surface area (Å²) in [4.78, 5) is 16.1. The Morgan fingerprint density at radius 2 is 1.86 bits per heavy atom. The van der Waals surface area contributed by atoms with Crippen molar-refractivity contribution in [2.24, 2.45) is 5.73 Å². The zero-order valence-electron chi connectivity index (χ0n) is 11.4. The van der Waals surface area contributed by atoms with Gasteiger partial charge in [-0.1, -0.05) is 30.3 Å². The first-order valence-corrected chi connectivity index (χ1v) is 6.69. The fourth-order valence-corrected chi connectivity index (χ4v) is 2.29. The Morgan fingerprint density at radius 3 is 2.62 bits per heavy atom. The maximum atomic E-state index is 11.8. The molecule has 0 fully saturated rings. The average molecular weight is 277 g/mol. The molecule has 0 bridgehead atoms. The Morgan fingerprint density at radius 1 is 1.05 bits per heavy atom. The van der Waals surface area contributed by atoms with Crippen LogP contribution in [0.25, 0.3) is 10.9 Å². The summed E-state index contributed by atoms with van der Waals surface area (Å²) in [6, 6.07) is 18.5. The van der Waals surface area contributed by atoms with Crippen LogP contribution in [0, 0.1) is 0 Å². The largest absolute Gasteiger partial charge is 0.370 e. The molecule has 1 amide bonds. The van der Waals surface area contributed by atoms with Crippen LogP contribution in [0.4, 0.5) is 5.69 Å². The van der Waals surface area contributed by atoms with E-state index in [1.165, 1.54) is 0 Å². The van der Waals surface area contributed by atoms with Crippen LogP contribution in [-0.2, 0) is 4.79 Å². The highest BCUT2D eigenvalue weighted by atomic mass is 16.1. The molecule has 3 N–H and O–H groups in total. The summed E-state index contributed by atoms with van der Waals surface area (Å²) < 4.78 is 0. The van der Waals surface area contributed by atoms with Crippen molar-refractivity contribution >= 4 is 22.5 Å². The van der Waals surface area contributed by atoms with Gasteiger partial charge in [0.2, 0.25) is 5.91 Å². The second-order valence-corrected chi connectivity index (χ2v) is 4.80. The van der Waals surface area contributed by atoms with Gasteiger partial charge in [0.25, 0.3) is 0 Å². The van der Waals surface area contributed by atoms with Gasteiger partial charge in [0.05, 0.1) is 5.52 Å². The summed E-state index contributed by atoms with van der Waals surface area (Å²) in [5, 5.41) is 4.15. The van der Waals surface area contributed by atoms with Gasteiger partial charge in [-0.05, 0) is 35.9 Å². The maximum absolute atomic E-state index is 11.8. The third kappa shape index (κ3) is 2.84. The van der Waals surface area contributed by atoms with Gasteiger partial charge in [-0.2, -0.15) is 0 Å². The molecular formula is C17H15N3O. The van der Waals surface area contributed by atoms with Crippen LogP contribution < -0.4 is 11.1 Å². The van der Waals surface area contributed by atoms with E-state index in [0.717, 1.165) is 22.2 Å². The fraction of sp³-hybridized carbons (Fsp3) is 0.0588. The Hall–Kier alpha value is -2.88. The van der Waals surface area contributed by atoms with Gasteiger partial charge in [0.15, 0.2) is 0 Å². The highest BCUT2D eigenvalue weighted by Crippen LogP contribution is 2.22. The Labute approximate surface area is 122 Å². The second kappa shape index (κ2) is 5.63. The number of benzene rings is 2. The van der Waals surface area contributed by atoms with Crippen LogP contribution in [0.1, 0.15) is 11.6 Å². The quantitative estimate of drug-likeness (QED) is 0.770.